The van der Waals surface area contributed by atoms with E-state index in [0.717, 1.165) is 29.2 Å². The van der Waals surface area contributed by atoms with Crippen molar-refractivity contribution in [3.63, 3.8) is 0 Å². The van der Waals surface area contributed by atoms with Gasteiger partial charge in [-0.25, -0.2) is 4.98 Å². The van der Waals surface area contributed by atoms with Crippen LogP contribution in [0.3, 0.4) is 0 Å². The van der Waals surface area contributed by atoms with Crippen LogP contribution in [0.5, 0.6) is 0 Å². The Hall–Kier alpha value is -3.92. The minimum atomic E-state index is -4.41. The Morgan fingerprint density at radius 3 is 2.53 bits per heavy atom. The first-order valence-corrected chi connectivity index (χ1v) is 10.7. The number of hydrogen-bond donors (Lipinski definition) is 1. The summed E-state index contributed by atoms with van der Waals surface area (Å²) in [5.74, 6) is 1.28. The van der Waals surface area contributed by atoms with Crippen molar-refractivity contribution in [2.45, 2.75) is 6.18 Å². The number of morpholine rings is 1. The number of nitrogens with one attached hydrogen (secondary N) is 1. The second-order valence-electron chi connectivity index (χ2n) is 7.76. The lowest BCUT2D eigenvalue weighted by Gasteiger charge is -2.29. The summed E-state index contributed by atoms with van der Waals surface area (Å²) in [4.78, 5) is 6.76. The first-order chi connectivity index (χ1) is 16.5. The summed E-state index contributed by atoms with van der Waals surface area (Å²) in [6.45, 7) is 2.61. The molecule has 1 aliphatic heterocycles. The number of hydrazone groups is 1. The molecule has 2 aromatic carbocycles. The van der Waals surface area contributed by atoms with Crippen molar-refractivity contribution in [3.05, 3.63) is 77.9 Å². The summed E-state index contributed by atoms with van der Waals surface area (Å²) in [5.41, 5.74) is 4.83. The van der Waals surface area contributed by atoms with Gasteiger partial charge in [-0.1, -0.05) is 42.5 Å². The molecule has 1 aliphatic rings. The summed E-state index contributed by atoms with van der Waals surface area (Å²) < 4.78 is 46.1. The molecule has 7 nitrogen and oxygen atoms in total. The van der Waals surface area contributed by atoms with Crippen LogP contribution >= 0.6 is 0 Å². The normalized spacial score (nSPS) is 14.7. The molecule has 0 amide bonds. The number of ether oxygens (including phenoxy) is 1. The van der Waals surface area contributed by atoms with E-state index >= 15 is 0 Å². The lowest BCUT2D eigenvalue weighted by Crippen LogP contribution is -2.37. The van der Waals surface area contributed by atoms with Gasteiger partial charge in [0.25, 0.3) is 0 Å². The summed E-state index contributed by atoms with van der Waals surface area (Å²) in [6.07, 6.45) is -3.07. The topological polar surface area (TPSA) is 67.0 Å². The molecule has 34 heavy (non-hydrogen) atoms. The molecule has 1 saturated heterocycles. The highest BCUT2D eigenvalue weighted by molar-refractivity contribution is 5.80. The maximum absolute atomic E-state index is 13.0. The van der Waals surface area contributed by atoms with Gasteiger partial charge in [0, 0.05) is 30.8 Å². The van der Waals surface area contributed by atoms with Crippen molar-refractivity contribution >= 4 is 23.5 Å². The van der Waals surface area contributed by atoms with Gasteiger partial charge in [0.2, 0.25) is 0 Å². The van der Waals surface area contributed by atoms with Gasteiger partial charge in [0.05, 0.1) is 30.7 Å². The molecule has 2 aromatic heterocycles. The van der Waals surface area contributed by atoms with E-state index < -0.39 is 11.7 Å². The van der Waals surface area contributed by atoms with Gasteiger partial charge in [-0.15, -0.1) is 0 Å². The van der Waals surface area contributed by atoms with Crippen molar-refractivity contribution in [1.82, 2.24) is 14.6 Å². The molecule has 5 rings (SSSR count). The van der Waals surface area contributed by atoms with E-state index in [9.17, 15) is 13.2 Å². The van der Waals surface area contributed by atoms with Crippen molar-refractivity contribution in [3.8, 4) is 11.3 Å². The summed E-state index contributed by atoms with van der Waals surface area (Å²) in [5, 5.41) is 8.87. The standard InChI is InChI=1S/C24H21F3N6O/c25-24(26,27)19-8-4-5-17(13-19)16-28-30-21-15-23(32-9-11-34-12-10-32)33-22(29-21)14-20(31-33)18-6-2-1-3-7-18/h1-8,13-16H,9-12H2,(H,29,30). The molecule has 1 fully saturated rings. The number of benzene rings is 2. The van der Waals surface area contributed by atoms with Gasteiger partial charge in [-0.05, 0) is 17.7 Å². The van der Waals surface area contributed by atoms with Gasteiger partial charge in [-0.3, -0.25) is 5.43 Å². The maximum Gasteiger partial charge on any atom is 0.416 e. The molecule has 3 heterocycles. The average molecular weight is 466 g/mol. The van der Waals surface area contributed by atoms with Crippen LogP contribution in [0.15, 0.2) is 71.8 Å². The molecule has 0 saturated carbocycles. The van der Waals surface area contributed by atoms with E-state index in [0.29, 0.717) is 43.3 Å². The number of anilines is 2. The van der Waals surface area contributed by atoms with Gasteiger partial charge < -0.3 is 9.64 Å². The molecule has 0 atom stereocenters. The van der Waals surface area contributed by atoms with Gasteiger partial charge in [0.1, 0.15) is 5.82 Å². The molecular weight excluding hydrogens is 445 g/mol. The second-order valence-corrected chi connectivity index (χ2v) is 7.76. The second kappa shape index (κ2) is 9.14. The van der Waals surface area contributed by atoms with Crippen LogP contribution in [0.1, 0.15) is 11.1 Å². The SMILES string of the molecule is FC(F)(F)c1cccc(C=NNc2cc(N3CCOCC3)n3nc(-c4ccccc4)cc3n2)c1. The lowest BCUT2D eigenvalue weighted by atomic mass is 10.1. The van der Waals surface area contributed by atoms with E-state index in [1.54, 1.807) is 10.6 Å². The van der Waals surface area contributed by atoms with Crippen molar-refractivity contribution in [2.75, 3.05) is 36.6 Å². The van der Waals surface area contributed by atoms with Crippen LogP contribution < -0.4 is 10.3 Å². The van der Waals surface area contributed by atoms with E-state index in [2.05, 4.69) is 20.4 Å². The molecule has 0 bridgehead atoms. The number of alkyl halides is 3. The van der Waals surface area contributed by atoms with Crippen LogP contribution in [0.25, 0.3) is 16.9 Å². The monoisotopic (exact) mass is 466 g/mol. The molecule has 0 spiro atoms. The highest BCUT2D eigenvalue weighted by atomic mass is 19.4. The smallest absolute Gasteiger partial charge is 0.378 e. The largest absolute Gasteiger partial charge is 0.416 e. The predicted molar refractivity (Wildman–Crippen MR) is 124 cm³/mol. The minimum absolute atomic E-state index is 0.326. The Bertz CT molecular complexity index is 1310. The number of nitrogens with zero attached hydrogens (tertiary/aromatic N) is 5. The number of aromatic nitrogens is 3. The number of rotatable bonds is 5. The zero-order valence-corrected chi connectivity index (χ0v) is 18.0. The maximum atomic E-state index is 13.0. The highest BCUT2D eigenvalue weighted by Crippen LogP contribution is 2.29. The third kappa shape index (κ3) is 4.72. The van der Waals surface area contributed by atoms with Crippen molar-refractivity contribution < 1.29 is 17.9 Å². The third-order valence-electron chi connectivity index (χ3n) is 5.42. The number of hydrogen-bond acceptors (Lipinski definition) is 6. The van der Waals surface area contributed by atoms with Crippen molar-refractivity contribution in [1.29, 1.82) is 0 Å². The van der Waals surface area contributed by atoms with Crippen LogP contribution in [-0.4, -0.2) is 47.1 Å². The molecule has 10 heteroatoms. The van der Waals surface area contributed by atoms with E-state index in [-0.39, 0.29) is 0 Å². The summed E-state index contributed by atoms with van der Waals surface area (Å²) >= 11 is 0. The van der Waals surface area contributed by atoms with Crippen LogP contribution in [-0.2, 0) is 10.9 Å². The molecule has 0 radical (unpaired) electrons. The van der Waals surface area contributed by atoms with Crippen LogP contribution in [0.4, 0.5) is 24.8 Å². The highest BCUT2D eigenvalue weighted by Gasteiger charge is 2.30. The zero-order valence-electron chi connectivity index (χ0n) is 18.0. The minimum Gasteiger partial charge on any atom is -0.378 e. The van der Waals surface area contributed by atoms with Gasteiger partial charge in [0.15, 0.2) is 11.5 Å². The Kier molecular flexibility index (Phi) is 5.89. The van der Waals surface area contributed by atoms with Crippen LogP contribution in [0, 0.1) is 0 Å². The van der Waals surface area contributed by atoms with Gasteiger partial charge >= 0.3 is 6.18 Å². The first kappa shape index (κ1) is 21.9. The summed E-state index contributed by atoms with van der Waals surface area (Å²) in [6, 6.07) is 18.5. The Labute approximate surface area is 193 Å². The number of halogens is 3. The fraction of sp³-hybridized carbons (Fsp3) is 0.208. The average Bonchev–Trinajstić information content (AvgIpc) is 3.29. The number of fused-ring (bicyclic) bond motifs is 1. The molecule has 1 N–H and O–H groups in total. The summed E-state index contributed by atoms with van der Waals surface area (Å²) in [7, 11) is 0. The van der Waals surface area contributed by atoms with Crippen molar-refractivity contribution in [2.24, 2.45) is 5.10 Å². The Morgan fingerprint density at radius 1 is 0.971 bits per heavy atom. The molecule has 0 unspecified atom stereocenters. The fourth-order valence-electron chi connectivity index (χ4n) is 3.75. The molecule has 174 valence electrons. The Morgan fingerprint density at radius 2 is 1.76 bits per heavy atom. The first-order valence-electron chi connectivity index (χ1n) is 10.7. The van der Waals surface area contributed by atoms with Gasteiger partial charge in [-0.2, -0.15) is 27.9 Å². The lowest BCUT2D eigenvalue weighted by molar-refractivity contribution is -0.137. The molecular formula is C24H21F3N6O. The third-order valence-corrected chi connectivity index (χ3v) is 5.42. The quantitative estimate of drug-likeness (QED) is 0.341. The van der Waals surface area contributed by atoms with E-state index in [4.69, 9.17) is 9.84 Å². The fourth-order valence-corrected chi connectivity index (χ4v) is 3.75. The predicted octanol–water partition coefficient (Wildman–Crippen LogP) is 4.70. The Balaban J connectivity index is 1.47. The van der Waals surface area contributed by atoms with E-state index in [1.165, 1.54) is 12.3 Å². The molecule has 4 aromatic rings. The van der Waals surface area contributed by atoms with E-state index in [1.807, 2.05) is 42.5 Å². The molecule has 0 aliphatic carbocycles. The van der Waals surface area contributed by atoms with Crippen LogP contribution in [0.2, 0.25) is 0 Å². The zero-order chi connectivity index (χ0) is 23.5.